The maximum atomic E-state index is 2.46. The highest BCUT2D eigenvalue weighted by atomic mass is 14.4. The Bertz CT molecular complexity index is 130. The Balaban J connectivity index is 2.66. The van der Waals surface area contributed by atoms with Crippen molar-refractivity contribution in [1.82, 2.24) is 0 Å². The van der Waals surface area contributed by atoms with E-state index in [1.807, 2.05) is 0 Å². The van der Waals surface area contributed by atoms with Crippen molar-refractivity contribution in [3.63, 3.8) is 0 Å². The fraction of sp³-hybridized carbons (Fsp3) is 1.00. The molecule has 1 rings (SSSR count). The molecule has 0 aromatic heterocycles. The highest BCUT2D eigenvalue weighted by Crippen LogP contribution is 2.44. The van der Waals surface area contributed by atoms with E-state index in [1.54, 1.807) is 0 Å². The van der Waals surface area contributed by atoms with Crippen LogP contribution in [-0.4, -0.2) is 0 Å². The Hall–Kier alpha value is 0. The second-order valence-corrected chi connectivity index (χ2v) is 5.15. The zero-order valence-electron chi connectivity index (χ0n) is 10.0. The molecule has 78 valence electrons. The molecular weight excluding hydrogens is 156 g/mol. The van der Waals surface area contributed by atoms with Gasteiger partial charge in [0, 0.05) is 0 Å². The third kappa shape index (κ3) is 2.08. The smallest absolute Gasteiger partial charge is 0.0386 e. The third-order valence-corrected chi connectivity index (χ3v) is 4.80. The van der Waals surface area contributed by atoms with Crippen LogP contribution < -0.4 is 0 Å². The molecule has 0 aromatic carbocycles. The Morgan fingerprint density at radius 2 is 1.15 bits per heavy atom. The van der Waals surface area contributed by atoms with Crippen molar-refractivity contribution < 1.29 is 0 Å². The van der Waals surface area contributed by atoms with E-state index in [4.69, 9.17) is 0 Å². The van der Waals surface area contributed by atoms with Crippen LogP contribution >= 0.6 is 0 Å². The van der Waals surface area contributed by atoms with Crippen molar-refractivity contribution in [2.24, 2.45) is 29.6 Å². The molecule has 0 aliphatic heterocycles. The van der Waals surface area contributed by atoms with Gasteiger partial charge in [0.15, 0.2) is 0 Å². The third-order valence-electron chi connectivity index (χ3n) is 4.80. The lowest BCUT2D eigenvalue weighted by Crippen LogP contribution is -2.35. The lowest BCUT2D eigenvalue weighted by atomic mass is 9.62. The van der Waals surface area contributed by atoms with Crippen molar-refractivity contribution in [3.8, 4) is 0 Å². The van der Waals surface area contributed by atoms with Crippen molar-refractivity contribution in [3.05, 3.63) is 0 Å². The largest absolute Gasteiger partial charge is 0.0651 e. The SMILES string of the molecule is CCC1CC(CC)C(C)C(C)C1C. The molecule has 1 aliphatic carbocycles. The summed E-state index contributed by atoms with van der Waals surface area (Å²) >= 11 is 0. The van der Waals surface area contributed by atoms with Crippen LogP contribution in [0.2, 0.25) is 0 Å². The van der Waals surface area contributed by atoms with Crippen LogP contribution in [0.5, 0.6) is 0 Å². The minimum absolute atomic E-state index is 0.934. The van der Waals surface area contributed by atoms with Crippen LogP contribution in [0.25, 0.3) is 0 Å². The number of hydrogen-bond donors (Lipinski definition) is 0. The van der Waals surface area contributed by atoms with Crippen molar-refractivity contribution in [2.45, 2.75) is 53.9 Å². The predicted molar refractivity (Wildman–Crippen MR) is 59.7 cm³/mol. The Labute approximate surface area is 84.1 Å². The number of rotatable bonds is 2. The first-order chi connectivity index (χ1) is 6.11. The van der Waals surface area contributed by atoms with Crippen LogP contribution in [0, 0.1) is 29.6 Å². The van der Waals surface area contributed by atoms with Gasteiger partial charge in [-0.1, -0.05) is 47.5 Å². The molecule has 0 aromatic rings. The average Bonchev–Trinajstić information content (AvgIpc) is 2.15. The molecule has 0 radical (unpaired) electrons. The van der Waals surface area contributed by atoms with Crippen molar-refractivity contribution in [2.75, 3.05) is 0 Å². The zero-order valence-corrected chi connectivity index (χ0v) is 10.0. The molecule has 0 saturated heterocycles. The molecule has 0 heterocycles. The highest BCUT2D eigenvalue weighted by molar-refractivity contribution is 4.85. The van der Waals surface area contributed by atoms with Crippen LogP contribution in [-0.2, 0) is 0 Å². The van der Waals surface area contributed by atoms with E-state index in [1.165, 1.54) is 19.3 Å². The van der Waals surface area contributed by atoms with Crippen molar-refractivity contribution >= 4 is 0 Å². The molecule has 0 amide bonds. The van der Waals surface area contributed by atoms with Crippen LogP contribution in [0.1, 0.15) is 53.9 Å². The van der Waals surface area contributed by atoms with Crippen LogP contribution in [0.3, 0.4) is 0 Å². The summed E-state index contributed by atoms with van der Waals surface area (Å²) < 4.78 is 0. The van der Waals surface area contributed by atoms with Crippen LogP contribution in [0.15, 0.2) is 0 Å². The van der Waals surface area contributed by atoms with Gasteiger partial charge in [-0.05, 0) is 36.0 Å². The van der Waals surface area contributed by atoms with E-state index in [0.717, 1.165) is 29.6 Å². The monoisotopic (exact) mass is 182 g/mol. The van der Waals surface area contributed by atoms with Gasteiger partial charge in [-0.25, -0.2) is 0 Å². The first-order valence-electron chi connectivity index (χ1n) is 6.11. The van der Waals surface area contributed by atoms with E-state index in [2.05, 4.69) is 34.6 Å². The summed E-state index contributed by atoms with van der Waals surface area (Å²) in [7, 11) is 0. The van der Waals surface area contributed by atoms with Gasteiger partial charge in [0.1, 0.15) is 0 Å². The Morgan fingerprint density at radius 3 is 1.46 bits per heavy atom. The summed E-state index contributed by atoms with van der Waals surface area (Å²) in [5.74, 6) is 4.82. The van der Waals surface area contributed by atoms with E-state index < -0.39 is 0 Å². The normalized spacial score (nSPS) is 46.4. The van der Waals surface area contributed by atoms with Gasteiger partial charge >= 0.3 is 0 Å². The summed E-state index contributed by atoms with van der Waals surface area (Å²) in [6.07, 6.45) is 4.25. The lowest BCUT2D eigenvalue weighted by Gasteiger charge is -2.43. The van der Waals surface area contributed by atoms with Gasteiger partial charge < -0.3 is 0 Å². The summed E-state index contributed by atoms with van der Waals surface area (Å²) in [6.45, 7) is 12.1. The van der Waals surface area contributed by atoms with Gasteiger partial charge in [-0.2, -0.15) is 0 Å². The standard InChI is InChI=1S/C13H26/c1-6-12-8-13(7-2)11(5)9(3)10(12)4/h9-13H,6-8H2,1-5H3. The quantitative estimate of drug-likeness (QED) is 0.595. The van der Waals surface area contributed by atoms with Crippen molar-refractivity contribution in [1.29, 1.82) is 0 Å². The first-order valence-corrected chi connectivity index (χ1v) is 6.11. The van der Waals surface area contributed by atoms with E-state index in [0.29, 0.717) is 0 Å². The van der Waals surface area contributed by atoms with E-state index in [-0.39, 0.29) is 0 Å². The molecule has 1 saturated carbocycles. The fourth-order valence-electron chi connectivity index (χ4n) is 3.23. The van der Waals surface area contributed by atoms with Gasteiger partial charge in [-0.3, -0.25) is 0 Å². The molecule has 0 N–H and O–H groups in total. The average molecular weight is 182 g/mol. The number of hydrogen-bond acceptors (Lipinski definition) is 0. The summed E-state index contributed by atoms with van der Waals surface area (Å²) in [6, 6.07) is 0. The topological polar surface area (TPSA) is 0 Å². The molecule has 0 bridgehead atoms. The second kappa shape index (κ2) is 4.48. The maximum Gasteiger partial charge on any atom is -0.0386 e. The van der Waals surface area contributed by atoms with Gasteiger partial charge in [0.05, 0.1) is 0 Å². The van der Waals surface area contributed by atoms with E-state index >= 15 is 0 Å². The first kappa shape index (κ1) is 11.1. The van der Waals surface area contributed by atoms with Gasteiger partial charge in [-0.15, -0.1) is 0 Å². The van der Waals surface area contributed by atoms with Crippen LogP contribution in [0.4, 0.5) is 0 Å². The summed E-state index contributed by atoms with van der Waals surface area (Å²) in [4.78, 5) is 0. The van der Waals surface area contributed by atoms with E-state index in [9.17, 15) is 0 Å². The molecule has 0 heteroatoms. The minimum atomic E-state index is 0.934. The molecule has 13 heavy (non-hydrogen) atoms. The summed E-state index contributed by atoms with van der Waals surface area (Å²) in [5.41, 5.74) is 0. The Morgan fingerprint density at radius 1 is 0.769 bits per heavy atom. The van der Waals surface area contributed by atoms with Gasteiger partial charge in [0.2, 0.25) is 0 Å². The molecule has 4 atom stereocenters. The molecule has 4 unspecified atom stereocenters. The molecule has 1 fully saturated rings. The predicted octanol–water partition coefficient (Wildman–Crippen LogP) is 4.35. The van der Waals surface area contributed by atoms with Gasteiger partial charge in [0.25, 0.3) is 0 Å². The fourth-order valence-corrected chi connectivity index (χ4v) is 3.23. The lowest BCUT2D eigenvalue weighted by molar-refractivity contribution is 0.0627. The molecular formula is C13H26. The summed E-state index contributed by atoms with van der Waals surface area (Å²) in [5, 5.41) is 0. The maximum absolute atomic E-state index is 2.46. The minimum Gasteiger partial charge on any atom is -0.0651 e. The molecule has 1 aliphatic rings. The molecule has 0 spiro atoms. The molecule has 0 nitrogen and oxygen atoms in total. The second-order valence-electron chi connectivity index (χ2n) is 5.15. The Kier molecular flexibility index (Phi) is 3.82. The zero-order chi connectivity index (χ0) is 10.0. The highest BCUT2D eigenvalue weighted by Gasteiger charge is 2.35.